The van der Waals surface area contributed by atoms with Gasteiger partial charge in [0.2, 0.25) is 0 Å². The molecule has 0 aliphatic heterocycles. The van der Waals surface area contributed by atoms with Crippen molar-refractivity contribution in [1.29, 1.82) is 0 Å². The monoisotopic (exact) mass is 315 g/mol. The van der Waals surface area contributed by atoms with Gasteiger partial charge in [-0.15, -0.1) is 0 Å². The van der Waals surface area contributed by atoms with E-state index in [1.54, 1.807) is 18.1 Å². The number of nitrogens with zero attached hydrogens (tertiary/aromatic N) is 2. The minimum atomic E-state index is -0.552. The smallest absolute Gasteiger partial charge is 0.326 e. The molecule has 0 aromatic carbocycles. The second kappa shape index (κ2) is 6.87. The Morgan fingerprint density at radius 3 is 3.05 bits per heavy atom. The molecule has 1 saturated carbocycles. The first-order chi connectivity index (χ1) is 9.55. The number of hydrogen-bond acceptors (Lipinski definition) is 7. The molecule has 20 heavy (non-hydrogen) atoms. The predicted octanol–water partition coefficient (Wildman–Crippen LogP) is 2.48. The Labute approximate surface area is 128 Å². The second-order valence-electron chi connectivity index (χ2n) is 5.42. The van der Waals surface area contributed by atoms with E-state index in [0.29, 0.717) is 5.25 Å². The molecule has 0 saturated heterocycles. The summed E-state index contributed by atoms with van der Waals surface area (Å²) in [5.74, 6) is -0.145. The van der Waals surface area contributed by atoms with E-state index in [9.17, 15) is 4.79 Å². The molecule has 1 fully saturated rings. The third-order valence-electron chi connectivity index (χ3n) is 3.46. The fraction of sp³-hybridized carbons (Fsp3) is 0.769. The molecule has 1 aromatic heterocycles. The number of thioether (sulfide) groups is 1. The van der Waals surface area contributed by atoms with Gasteiger partial charge in [-0.25, -0.2) is 4.98 Å². The second-order valence-corrected chi connectivity index (χ2v) is 7.74. The first-order valence-electron chi connectivity index (χ1n) is 6.85. The summed E-state index contributed by atoms with van der Waals surface area (Å²) in [5, 5.41) is 3.81. The zero-order valence-corrected chi connectivity index (χ0v) is 13.7. The van der Waals surface area contributed by atoms with Gasteiger partial charge in [-0.05, 0) is 51.1 Å². The quantitative estimate of drug-likeness (QED) is 0.842. The van der Waals surface area contributed by atoms with Gasteiger partial charge in [0.25, 0.3) is 0 Å². The number of carbonyl (C=O) groups excluding carboxylic acids is 1. The Balaban J connectivity index is 2.09. The number of esters is 1. The summed E-state index contributed by atoms with van der Waals surface area (Å²) >= 11 is 3.14. The highest BCUT2D eigenvalue weighted by Gasteiger charge is 2.44. The van der Waals surface area contributed by atoms with E-state index in [1.807, 2.05) is 0 Å². The molecule has 1 heterocycles. The van der Waals surface area contributed by atoms with E-state index in [-0.39, 0.29) is 12.0 Å². The molecule has 2 unspecified atom stereocenters. The molecule has 0 spiro atoms. The average Bonchev–Trinajstić information content (AvgIpc) is 2.90. The van der Waals surface area contributed by atoms with Gasteiger partial charge in [-0.2, -0.15) is 4.37 Å². The fourth-order valence-corrected chi connectivity index (χ4v) is 4.84. The van der Waals surface area contributed by atoms with Crippen molar-refractivity contribution in [2.45, 2.75) is 60.7 Å². The summed E-state index contributed by atoms with van der Waals surface area (Å²) in [7, 11) is 1.47. The van der Waals surface area contributed by atoms with Crippen molar-refractivity contribution < 1.29 is 9.53 Å². The largest absolute Gasteiger partial charge is 0.468 e. The zero-order valence-electron chi connectivity index (χ0n) is 12.1. The maximum Gasteiger partial charge on any atom is 0.326 e. The number of ether oxygens (including phenoxy) is 1. The van der Waals surface area contributed by atoms with E-state index < -0.39 is 5.54 Å². The van der Waals surface area contributed by atoms with E-state index in [4.69, 9.17) is 4.74 Å². The van der Waals surface area contributed by atoms with Crippen molar-refractivity contribution in [3.63, 3.8) is 0 Å². The maximum atomic E-state index is 12.3. The predicted molar refractivity (Wildman–Crippen MR) is 81.0 cm³/mol. The number of aromatic nitrogens is 2. The van der Waals surface area contributed by atoms with Crippen molar-refractivity contribution in [2.75, 3.05) is 7.11 Å². The lowest BCUT2D eigenvalue weighted by molar-refractivity contribution is -0.150. The van der Waals surface area contributed by atoms with Gasteiger partial charge in [0.1, 0.15) is 11.9 Å². The fourth-order valence-electron chi connectivity index (χ4n) is 2.81. The Hall–Kier alpha value is -0.660. The van der Waals surface area contributed by atoms with Crippen LogP contribution in [0.4, 0.5) is 0 Å². The standard InChI is InChI=1S/C13H21N3O2S2/c1-9(2)16-13(11(17)18-3)6-4-5-10(7-13)19-12-14-8-15-20-12/h8-10,16H,4-7H2,1-3H3. The van der Waals surface area contributed by atoms with Crippen LogP contribution in [0.5, 0.6) is 0 Å². The van der Waals surface area contributed by atoms with Crippen LogP contribution < -0.4 is 5.32 Å². The number of methoxy groups -OCH3 is 1. The summed E-state index contributed by atoms with van der Waals surface area (Å²) in [6, 6.07) is 0.249. The third kappa shape index (κ3) is 3.71. The molecular weight excluding hydrogens is 294 g/mol. The lowest BCUT2D eigenvalue weighted by Crippen LogP contribution is -2.58. The number of nitrogens with one attached hydrogen (secondary N) is 1. The van der Waals surface area contributed by atoms with E-state index >= 15 is 0 Å². The Kier molecular flexibility index (Phi) is 5.40. The summed E-state index contributed by atoms with van der Waals surface area (Å²) in [4.78, 5) is 16.5. The number of rotatable bonds is 5. The Bertz CT molecular complexity index is 439. The molecule has 0 bridgehead atoms. The van der Waals surface area contributed by atoms with Crippen molar-refractivity contribution >= 4 is 29.3 Å². The molecule has 1 aliphatic carbocycles. The van der Waals surface area contributed by atoms with Crippen LogP contribution in [0.15, 0.2) is 10.7 Å². The van der Waals surface area contributed by atoms with Crippen LogP contribution >= 0.6 is 23.3 Å². The lowest BCUT2D eigenvalue weighted by Gasteiger charge is -2.40. The van der Waals surface area contributed by atoms with Crippen LogP contribution in [-0.4, -0.2) is 39.3 Å². The van der Waals surface area contributed by atoms with Gasteiger partial charge in [0, 0.05) is 11.3 Å². The highest BCUT2D eigenvalue weighted by molar-refractivity contribution is 8.01. The molecule has 1 N–H and O–H groups in total. The number of carbonyl (C=O) groups is 1. The van der Waals surface area contributed by atoms with E-state index in [1.165, 1.54) is 18.6 Å². The van der Waals surface area contributed by atoms with Crippen LogP contribution in [0.3, 0.4) is 0 Å². The van der Waals surface area contributed by atoms with Crippen LogP contribution in [-0.2, 0) is 9.53 Å². The highest BCUT2D eigenvalue weighted by atomic mass is 32.2. The van der Waals surface area contributed by atoms with Gasteiger partial charge in [-0.3, -0.25) is 10.1 Å². The first-order valence-corrected chi connectivity index (χ1v) is 8.50. The van der Waals surface area contributed by atoms with Gasteiger partial charge in [0.05, 0.1) is 7.11 Å². The topological polar surface area (TPSA) is 64.1 Å². The summed E-state index contributed by atoms with van der Waals surface area (Å²) in [6.07, 6.45) is 5.32. The van der Waals surface area contributed by atoms with Gasteiger partial charge >= 0.3 is 5.97 Å². The van der Waals surface area contributed by atoms with E-state index in [0.717, 1.165) is 30.0 Å². The van der Waals surface area contributed by atoms with Crippen molar-refractivity contribution in [2.24, 2.45) is 0 Å². The minimum Gasteiger partial charge on any atom is -0.468 e. The lowest BCUT2D eigenvalue weighted by atomic mass is 9.81. The van der Waals surface area contributed by atoms with Crippen LogP contribution in [0, 0.1) is 0 Å². The van der Waals surface area contributed by atoms with Gasteiger partial charge < -0.3 is 4.74 Å². The summed E-state index contributed by atoms with van der Waals surface area (Å²) < 4.78 is 10.0. The SMILES string of the molecule is COC(=O)C1(NC(C)C)CCCC(Sc2ncns2)C1. The summed E-state index contributed by atoms with van der Waals surface area (Å²) in [5.41, 5.74) is -0.552. The molecule has 0 radical (unpaired) electrons. The van der Waals surface area contributed by atoms with Crippen molar-refractivity contribution in [3.05, 3.63) is 6.33 Å². The minimum absolute atomic E-state index is 0.145. The Morgan fingerprint density at radius 1 is 1.65 bits per heavy atom. The van der Waals surface area contributed by atoms with E-state index in [2.05, 4.69) is 28.5 Å². The highest BCUT2D eigenvalue weighted by Crippen LogP contribution is 2.39. The molecular formula is C13H21N3O2S2. The van der Waals surface area contributed by atoms with Crippen molar-refractivity contribution in [1.82, 2.24) is 14.7 Å². The van der Waals surface area contributed by atoms with Crippen LogP contribution in [0.1, 0.15) is 39.5 Å². The molecule has 2 atom stereocenters. The molecule has 7 heteroatoms. The van der Waals surface area contributed by atoms with Crippen LogP contribution in [0.25, 0.3) is 0 Å². The molecule has 0 amide bonds. The third-order valence-corrected chi connectivity index (χ3v) is 5.47. The molecule has 2 rings (SSSR count). The first kappa shape index (κ1) is 15.7. The molecule has 1 aromatic rings. The molecule has 112 valence electrons. The maximum absolute atomic E-state index is 12.3. The molecule has 1 aliphatic rings. The van der Waals surface area contributed by atoms with Gasteiger partial charge in [0.15, 0.2) is 4.34 Å². The number of hydrogen-bond donors (Lipinski definition) is 1. The van der Waals surface area contributed by atoms with Gasteiger partial charge in [-0.1, -0.05) is 11.8 Å². The van der Waals surface area contributed by atoms with Crippen molar-refractivity contribution in [3.8, 4) is 0 Å². The zero-order chi connectivity index (χ0) is 14.6. The molecule has 5 nitrogen and oxygen atoms in total. The average molecular weight is 315 g/mol. The summed E-state index contributed by atoms with van der Waals surface area (Å²) in [6.45, 7) is 4.12. The Morgan fingerprint density at radius 2 is 2.45 bits per heavy atom. The van der Waals surface area contributed by atoms with Crippen LogP contribution in [0.2, 0.25) is 0 Å². The normalized spacial score (nSPS) is 26.7.